The molecule has 1 saturated heterocycles. The number of amides is 1. The molecule has 21 heavy (non-hydrogen) atoms. The van der Waals surface area contributed by atoms with Crippen LogP contribution in [-0.2, 0) is 0 Å². The van der Waals surface area contributed by atoms with Gasteiger partial charge in [0.25, 0.3) is 5.91 Å². The van der Waals surface area contributed by atoms with E-state index >= 15 is 0 Å². The van der Waals surface area contributed by atoms with Gasteiger partial charge in [-0.3, -0.25) is 4.79 Å². The maximum absolute atomic E-state index is 12.8. The topological polar surface area (TPSA) is 59.0 Å². The summed E-state index contributed by atoms with van der Waals surface area (Å²) in [7, 11) is 0. The summed E-state index contributed by atoms with van der Waals surface area (Å²) < 4.78 is 11.2. The molecule has 2 aliphatic heterocycles. The van der Waals surface area contributed by atoms with Gasteiger partial charge in [-0.2, -0.15) is 0 Å². The summed E-state index contributed by atoms with van der Waals surface area (Å²) in [6.07, 6.45) is 3.63. The summed E-state index contributed by atoms with van der Waals surface area (Å²) in [6.45, 7) is 1.95. The molecule has 2 heterocycles. The summed E-state index contributed by atoms with van der Waals surface area (Å²) in [4.78, 5) is 14.7. The first-order valence-corrected chi connectivity index (χ1v) is 7.61. The largest absolute Gasteiger partial charge is 0.486 e. The molecule has 0 spiro atoms. The molecule has 0 aliphatic carbocycles. The van der Waals surface area contributed by atoms with Gasteiger partial charge in [-0.1, -0.05) is 6.07 Å². The average Bonchev–Trinajstić information content (AvgIpc) is 3.00. The molecule has 1 N–H and O–H groups in total. The van der Waals surface area contributed by atoms with Crippen LogP contribution in [-0.4, -0.2) is 48.3 Å². The molecule has 0 unspecified atom stereocenters. The molecular formula is C16H21NO4. The number of carbonyl (C=O) groups excluding carboxylic acids is 1. The average molecular weight is 291 g/mol. The van der Waals surface area contributed by atoms with E-state index in [-0.39, 0.29) is 18.6 Å². The van der Waals surface area contributed by atoms with E-state index in [9.17, 15) is 4.79 Å². The smallest absolute Gasteiger partial charge is 0.258 e. The minimum atomic E-state index is 0.0118. The lowest BCUT2D eigenvalue weighted by atomic mass is 10.1. The zero-order valence-electron chi connectivity index (χ0n) is 12.1. The lowest BCUT2D eigenvalue weighted by Gasteiger charge is -2.27. The Morgan fingerprint density at radius 3 is 3.05 bits per heavy atom. The Labute approximate surface area is 124 Å². The van der Waals surface area contributed by atoms with Crippen molar-refractivity contribution in [3.05, 3.63) is 23.8 Å². The van der Waals surface area contributed by atoms with E-state index in [1.165, 1.54) is 0 Å². The van der Waals surface area contributed by atoms with Crippen molar-refractivity contribution in [2.75, 3.05) is 26.4 Å². The van der Waals surface area contributed by atoms with Crippen molar-refractivity contribution in [1.29, 1.82) is 0 Å². The Bertz CT molecular complexity index is 517. The van der Waals surface area contributed by atoms with Crippen molar-refractivity contribution in [3.8, 4) is 11.5 Å². The third-order valence-electron chi connectivity index (χ3n) is 4.13. The molecule has 0 bridgehead atoms. The molecule has 1 aromatic carbocycles. The Morgan fingerprint density at radius 1 is 1.33 bits per heavy atom. The third kappa shape index (κ3) is 2.83. The number of para-hydroxylation sites is 1. The number of nitrogens with zero attached hydrogens (tertiary/aromatic N) is 1. The van der Waals surface area contributed by atoms with Crippen LogP contribution in [0.15, 0.2) is 18.2 Å². The zero-order chi connectivity index (χ0) is 14.7. The summed E-state index contributed by atoms with van der Waals surface area (Å²) >= 11 is 0. The number of rotatable bonds is 4. The fourth-order valence-electron chi connectivity index (χ4n) is 3.13. The van der Waals surface area contributed by atoms with Crippen LogP contribution in [0, 0.1) is 0 Å². The molecule has 1 atom stereocenters. The van der Waals surface area contributed by atoms with Gasteiger partial charge in [-0.25, -0.2) is 0 Å². The van der Waals surface area contributed by atoms with Gasteiger partial charge in [0.2, 0.25) is 0 Å². The Kier molecular flexibility index (Phi) is 4.29. The van der Waals surface area contributed by atoms with Gasteiger partial charge in [0, 0.05) is 19.2 Å². The number of benzene rings is 1. The van der Waals surface area contributed by atoms with Gasteiger partial charge in [0.1, 0.15) is 13.2 Å². The SMILES string of the molecule is O=C(c1cccc2c1OCCO2)N1CCC[C@@H]1CCCO. The van der Waals surface area contributed by atoms with Crippen LogP contribution < -0.4 is 9.47 Å². The second kappa shape index (κ2) is 6.35. The van der Waals surface area contributed by atoms with Gasteiger partial charge in [0.15, 0.2) is 11.5 Å². The molecule has 5 nitrogen and oxygen atoms in total. The highest BCUT2D eigenvalue weighted by molar-refractivity contribution is 5.98. The number of aliphatic hydroxyl groups is 1. The van der Waals surface area contributed by atoms with E-state index in [1.54, 1.807) is 6.07 Å². The fourth-order valence-corrected chi connectivity index (χ4v) is 3.13. The van der Waals surface area contributed by atoms with Gasteiger partial charge >= 0.3 is 0 Å². The van der Waals surface area contributed by atoms with Gasteiger partial charge in [-0.15, -0.1) is 0 Å². The Morgan fingerprint density at radius 2 is 2.19 bits per heavy atom. The molecular weight excluding hydrogens is 270 g/mol. The summed E-state index contributed by atoms with van der Waals surface area (Å²) in [6, 6.07) is 5.69. The standard InChI is InChI=1S/C16H21NO4/c18-9-3-5-12-4-2-8-17(12)16(19)13-6-1-7-14-15(13)21-11-10-20-14/h1,6-7,12,18H,2-5,8-11H2/t12-/m1/s1. The monoisotopic (exact) mass is 291 g/mol. The molecule has 0 aromatic heterocycles. The molecule has 114 valence electrons. The van der Waals surface area contributed by atoms with E-state index in [0.29, 0.717) is 30.3 Å². The fraction of sp³-hybridized carbons (Fsp3) is 0.562. The second-order valence-corrected chi connectivity index (χ2v) is 5.49. The minimum absolute atomic E-state index is 0.0118. The maximum Gasteiger partial charge on any atom is 0.258 e. The normalized spacial score (nSPS) is 20.6. The number of hydrogen-bond acceptors (Lipinski definition) is 4. The first kappa shape index (κ1) is 14.2. The molecule has 5 heteroatoms. The summed E-state index contributed by atoms with van der Waals surface area (Å²) in [5, 5.41) is 8.99. The first-order chi connectivity index (χ1) is 10.3. The van der Waals surface area contributed by atoms with Crippen LogP contribution in [0.1, 0.15) is 36.0 Å². The van der Waals surface area contributed by atoms with Crippen LogP contribution in [0.5, 0.6) is 11.5 Å². The summed E-state index contributed by atoms with van der Waals surface area (Å²) in [5.41, 5.74) is 0.586. The predicted molar refractivity (Wildman–Crippen MR) is 77.8 cm³/mol. The van der Waals surface area contributed by atoms with Crippen LogP contribution in [0.3, 0.4) is 0 Å². The van der Waals surface area contributed by atoms with E-state index in [4.69, 9.17) is 14.6 Å². The number of ether oxygens (including phenoxy) is 2. The third-order valence-corrected chi connectivity index (χ3v) is 4.13. The Hall–Kier alpha value is -1.75. The Balaban J connectivity index is 1.81. The quantitative estimate of drug-likeness (QED) is 0.919. The molecule has 3 rings (SSSR count). The number of hydrogen-bond donors (Lipinski definition) is 1. The van der Waals surface area contributed by atoms with Gasteiger partial charge < -0.3 is 19.5 Å². The number of aliphatic hydroxyl groups excluding tert-OH is 1. The number of carbonyl (C=O) groups is 1. The molecule has 0 radical (unpaired) electrons. The molecule has 0 saturated carbocycles. The zero-order valence-corrected chi connectivity index (χ0v) is 12.1. The second-order valence-electron chi connectivity index (χ2n) is 5.49. The predicted octanol–water partition coefficient (Wildman–Crippen LogP) is 1.83. The molecule has 1 amide bonds. The van der Waals surface area contributed by atoms with Crippen molar-refractivity contribution in [3.63, 3.8) is 0 Å². The lowest BCUT2D eigenvalue weighted by Crippen LogP contribution is -2.36. The van der Waals surface area contributed by atoms with E-state index < -0.39 is 0 Å². The van der Waals surface area contributed by atoms with Crippen molar-refractivity contribution in [2.24, 2.45) is 0 Å². The molecule has 1 fully saturated rings. The van der Waals surface area contributed by atoms with Crippen LogP contribution in [0.25, 0.3) is 0 Å². The van der Waals surface area contributed by atoms with E-state index in [2.05, 4.69) is 0 Å². The van der Waals surface area contributed by atoms with Crippen molar-refractivity contribution >= 4 is 5.91 Å². The maximum atomic E-state index is 12.8. The lowest BCUT2D eigenvalue weighted by molar-refractivity contribution is 0.0714. The highest BCUT2D eigenvalue weighted by Gasteiger charge is 2.31. The van der Waals surface area contributed by atoms with Crippen LogP contribution >= 0.6 is 0 Å². The van der Waals surface area contributed by atoms with Crippen LogP contribution in [0.2, 0.25) is 0 Å². The van der Waals surface area contributed by atoms with E-state index in [1.807, 2.05) is 17.0 Å². The number of fused-ring (bicyclic) bond motifs is 1. The summed E-state index contributed by atoms with van der Waals surface area (Å²) in [5.74, 6) is 1.23. The molecule has 1 aromatic rings. The van der Waals surface area contributed by atoms with E-state index in [0.717, 1.165) is 32.2 Å². The van der Waals surface area contributed by atoms with Crippen LogP contribution in [0.4, 0.5) is 0 Å². The van der Waals surface area contributed by atoms with Crippen molar-refractivity contribution in [2.45, 2.75) is 31.7 Å². The van der Waals surface area contributed by atoms with Crippen molar-refractivity contribution in [1.82, 2.24) is 4.90 Å². The number of likely N-dealkylation sites (tertiary alicyclic amines) is 1. The highest BCUT2D eigenvalue weighted by atomic mass is 16.6. The van der Waals surface area contributed by atoms with Gasteiger partial charge in [0.05, 0.1) is 5.56 Å². The first-order valence-electron chi connectivity index (χ1n) is 7.61. The van der Waals surface area contributed by atoms with Gasteiger partial charge in [-0.05, 0) is 37.8 Å². The van der Waals surface area contributed by atoms with Crippen molar-refractivity contribution < 1.29 is 19.4 Å². The molecule has 2 aliphatic rings. The minimum Gasteiger partial charge on any atom is -0.486 e. The highest BCUT2D eigenvalue weighted by Crippen LogP contribution is 2.35.